The van der Waals surface area contributed by atoms with Gasteiger partial charge in [-0.05, 0) is 25.7 Å². The summed E-state index contributed by atoms with van der Waals surface area (Å²) in [5.74, 6) is -1.04. The third-order valence-corrected chi connectivity index (χ3v) is 9.50. The van der Waals surface area contributed by atoms with Gasteiger partial charge in [0.15, 0.2) is 6.10 Å². The van der Waals surface area contributed by atoms with Gasteiger partial charge in [0.25, 0.3) is 0 Å². The van der Waals surface area contributed by atoms with Gasteiger partial charge in [-0.1, -0.05) is 174 Å². The lowest BCUT2D eigenvalue weighted by Crippen LogP contribution is -2.47. The Bertz CT molecular complexity index is 650. The van der Waals surface area contributed by atoms with Gasteiger partial charge in [-0.2, -0.15) is 0 Å². The van der Waals surface area contributed by atoms with Crippen molar-refractivity contribution in [3.8, 4) is 0 Å². The third-order valence-electron chi connectivity index (χ3n) is 9.50. The Morgan fingerprint density at radius 2 is 0.867 bits per heavy atom. The van der Waals surface area contributed by atoms with Gasteiger partial charge >= 0.3 is 5.97 Å². The summed E-state index contributed by atoms with van der Waals surface area (Å²) in [6.45, 7) is 6.05. The fourth-order valence-electron chi connectivity index (χ4n) is 6.58. The number of nitrogens with zero attached hydrogens (tertiary/aromatic N) is 1. The highest BCUT2D eigenvalue weighted by atomic mass is 16.5. The van der Waals surface area contributed by atoms with Crippen LogP contribution in [0.25, 0.3) is 0 Å². The lowest BCUT2D eigenvalue weighted by atomic mass is 10.0. The summed E-state index contributed by atoms with van der Waals surface area (Å²) in [6.07, 6.45) is 37.7. The zero-order chi connectivity index (χ0) is 33.3. The summed E-state index contributed by atoms with van der Waals surface area (Å²) in [5, 5.41) is 10.9. The van der Waals surface area contributed by atoms with E-state index < -0.39 is 5.97 Å². The van der Waals surface area contributed by atoms with Gasteiger partial charge in [0, 0.05) is 18.8 Å². The fourth-order valence-corrected chi connectivity index (χ4v) is 6.58. The Kier molecular flexibility index (Phi) is 32.0. The molecule has 0 fully saturated rings. The average molecular weight is 638 g/mol. The van der Waals surface area contributed by atoms with E-state index in [9.17, 15) is 14.7 Å². The Balaban J connectivity index is 4.14. The number of carboxylic acid groups (broad SMARTS) is 1. The van der Waals surface area contributed by atoms with Crippen molar-refractivity contribution >= 4 is 11.9 Å². The molecule has 0 aliphatic rings. The van der Waals surface area contributed by atoms with E-state index in [2.05, 4.69) is 27.9 Å². The highest BCUT2D eigenvalue weighted by molar-refractivity contribution is 5.69. The topological polar surface area (TPSA) is 66.4 Å². The first kappa shape index (κ1) is 43.9. The highest BCUT2D eigenvalue weighted by Crippen LogP contribution is 2.18. The molecule has 0 amide bonds. The number of ether oxygens (including phenoxy) is 1. The Morgan fingerprint density at radius 3 is 1.24 bits per heavy atom. The lowest BCUT2D eigenvalue weighted by molar-refractivity contribution is -0.893. The van der Waals surface area contributed by atoms with Gasteiger partial charge in [-0.3, -0.25) is 4.79 Å². The molecule has 0 aromatic rings. The highest BCUT2D eigenvalue weighted by Gasteiger charge is 2.24. The first-order valence-electron chi connectivity index (χ1n) is 20.0. The molecule has 0 bridgehead atoms. The van der Waals surface area contributed by atoms with Crippen molar-refractivity contribution in [2.75, 3.05) is 27.2 Å². The number of hydrogen-bond acceptors (Lipinski definition) is 4. The van der Waals surface area contributed by atoms with Crippen molar-refractivity contribution in [2.45, 2.75) is 219 Å². The van der Waals surface area contributed by atoms with E-state index in [0.717, 1.165) is 38.8 Å². The SMILES string of the molecule is CCCCCCCCCCCCCCCCCC(=O)OC(CCCCCCCCCCCCCC)C[N+](C)(C)CCCC(=O)[O-]. The molecule has 0 radical (unpaired) electrons. The van der Waals surface area contributed by atoms with E-state index in [1.807, 2.05) is 0 Å². The molecule has 45 heavy (non-hydrogen) atoms. The zero-order valence-electron chi connectivity index (χ0n) is 31.0. The van der Waals surface area contributed by atoms with E-state index in [0.29, 0.717) is 17.3 Å². The van der Waals surface area contributed by atoms with E-state index in [4.69, 9.17) is 4.74 Å². The summed E-state index contributed by atoms with van der Waals surface area (Å²) in [7, 11) is 4.24. The van der Waals surface area contributed by atoms with Crippen LogP contribution in [-0.4, -0.2) is 49.7 Å². The molecule has 0 heterocycles. The molecular weight excluding hydrogens is 558 g/mol. The number of carbonyl (C=O) groups is 2. The fraction of sp³-hybridized carbons (Fsp3) is 0.950. The van der Waals surface area contributed by atoms with Crippen LogP contribution in [0.3, 0.4) is 0 Å². The molecule has 5 heteroatoms. The van der Waals surface area contributed by atoms with Crippen LogP contribution in [0.2, 0.25) is 0 Å². The summed E-state index contributed by atoms with van der Waals surface area (Å²) in [4.78, 5) is 23.7. The molecule has 0 saturated carbocycles. The van der Waals surface area contributed by atoms with E-state index in [-0.39, 0.29) is 18.5 Å². The van der Waals surface area contributed by atoms with Crippen LogP contribution in [0.4, 0.5) is 0 Å². The number of rotatable bonds is 36. The minimum Gasteiger partial charge on any atom is -0.550 e. The molecule has 0 saturated heterocycles. The van der Waals surface area contributed by atoms with Crippen LogP contribution in [0.5, 0.6) is 0 Å². The second-order valence-corrected chi connectivity index (χ2v) is 14.8. The second-order valence-electron chi connectivity index (χ2n) is 14.8. The molecule has 1 unspecified atom stereocenters. The van der Waals surface area contributed by atoms with Crippen molar-refractivity contribution in [3.63, 3.8) is 0 Å². The van der Waals surface area contributed by atoms with Crippen LogP contribution in [0, 0.1) is 0 Å². The summed E-state index contributed by atoms with van der Waals surface area (Å²) >= 11 is 0. The Morgan fingerprint density at radius 1 is 0.511 bits per heavy atom. The number of esters is 1. The maximum absolute atomic E-state index is 12.8. The third kappa shape index (κ3) is 34.1. The van der Waals surface area contributed by atoms with Crippen molar-refractivity contribution in [1.29, 1.82) is 0 Å². The molecule has 0 rings (SSSR count). The Labute approximate surface area is 281 Å². The van der Waals surface area contributed by atoms with Crippen molar-refractivity contribution in [3.05, 3.63) is 0 Å². The molecule has 0 spiro atoms. The summed E-state index contributed by atoms with van der Waals surface area (Å²) in [6, 6.07) is 0. The van der Waals surface area contributed by atoms with E-state index in [1.165, 1.54) is 154 Å². The van der Waals surface area contributed by atoms with Crippen LogP contribution in [0.1, 0.15) is 213 Å². The number of carbonyl (C=O) groups excluding carboxylic acids is 2. The minimum atomic E-state index is -0.988. The Hall–Kier alpha value is -1.10. The quantitative estimate of drug-likeness (QED) is 0.0389. The van der Waals surface area contributed by atoms with Crippen LogP contribution in [-0.2, 0) is 14.3 Å². The van der Waals surface area contributed by atoms with Crippen molar-refractivity contribution in [1.82, 2.24) is 0 Å². The predicted molar refractivity (Wildman–Crippen MR) is 191 cm³/mol. The normalized spacial score (nSPS) is 12.4. The zero-order valence-corrected chi connectivity index (χ0v) is 31.0. The first-order valence-corrected chi connectivity index (χ1v) is 20.0. The molecule has 268 valence electrons. The minimum absolute atomic E-state index is 0.0524. The monoisotopic (exact) mass is 638 g/mol. The molecule has 0 aromatic heterocycles. The molecule has 0 aliphatic carbocycles. The molecule has 0 N–H and O–H groups in total. The second kappa shape index (κ2) is 32.8. The van der Waals surface area contributed by atoms with E-state index >= 15 is 0 Å². The van der Waals surface area contributed by atoms with Crippen LogP contribution >= 0.6 is 0 Å². The van der Waals surface area contributed by atoms with Crippen molar-refractivity contribution < 1.29 is 23.9 Å². The largest absolute Gasteiger partial charge is 0.550 e. The molecular formula is C40H79NO4. The van der Waals surface area contributed by atoms with E-state index in [1.54, 1.807) is 0 Å². The number of hydrogen-bond donors (Lipinski definition) is 0. The number of carboxylic acids is 1. The number of quaternary nitrogens is 1. The van der Waals surface area contributed by atoms with Gasteiger partial charge in [-0.25, -0.2) is 0 Å². The maximum atomic E-state index is 12.8. The lowest BCUT2D eigenvalue weighted by Gasteiger charge is -2.33. The number of aliphatic carboxylic acids is 1. The first-order chi connectivity index (χ1) is 21.8. The maximum Gasteiger partial charge on any atom is 0.306 e. The summed E-state index contributed by atoms with van der Waals surface area (Å²) < 4.78 is 6.72. The van der Waals surface area contributed by atoms with Gasteiger partial charge in [0.2, 0.25) is 0 Å². The number of likely N-dealkylation sites (N-methyl/N-ethyl adjacent to an activating group) is 1. The number of unbranched alkanes of at least 4 members (excludes halogenated alkanes) is 25. The molecule has 1 atom stereocenters. The smallest absolute Gasteiger partial charge is 0.306 e. The van der Waals surface area contributed by atoms with Crippen LogP contribution < -0.4 is 5.11 Å². The van der Waals surface area contributed by atoms with Gasteiger partial charge < -0.3 is 19.1 Å². The standard InChI is InChI=1S/C40H79NO4/c1-5-7-9-11-13-15-17-19-20-21-23-25-27-29-31-35-40(44)45-38(37-41(3,4)36-32-34-39(42)43)33-30-28-26-24-22-18-16-14-12-10-8-6-2/h38H,5-37H2,1-4H3. The van der Waals surface area contributed by atoms with Gasteiger partial charge in [0.05, 0.1) is 20.6 Å². The summed E-state index contributed by atoms with van der Waals surface area (Å²) in [5.41, 5.74) is 0. The molecule has 5 nitrogen and oxygen atoms in total. The molecule has 0 aromatic carbocycles. The van der Waals surface area contributed by atoms with Crippen molar-refractivity contribution in [2.24, 2.45) is 0 Å². The van der Waals surface area contributed by atoms with Gasteiger partial charge in [0.1, 0.15) is 6.54 Å². The van der Waals surface area contributed by atoms with Crippen LogP contribution in [0.15, 0.2) is 0 Å². The molecule has 0 aliphatic heterocycles. The average Bonchev–Trinajstić information content (AvgIpc) is 2.99. The predicted octanol–water partition coefficient (Wildman–Crippen LogP) is 10.9. The van der Waals surface area contributed by atoms with Gasteiger partial charge in [-0.15, -0.1) is 0 Å².